The molecule has 6 heteroatoms. The van der Waals surface area contributed by atoms with E-state index in [9.17, 15) is 9.90 Å². The lowest BCUT2D eigenvalue weighted by Gasteiger charge is -2.28. The van der Waals surface area contributed by atoms with Crippen LogP contribution in [-0.2, 0) is 20.4 Å². The summed E-state index contributed by atoms with van der Waals surface area (Å²) in [5.74, 6) is 0.276. The standard InChI is InChI=1S/C22H31NO3S2/c1-21(2,3)15-11-14(12-16(18(15)24)22(4,5)6)13-17-19(25)23(20(27)28-17)9-8-10-26-7/h11-13,24H,8-10H2,1-7H3/b17-13-. The van der Waals surface area contributed by atoms with Gasteiger partial charge in [-0.1, -0.05) is 65.5 Å². The Hall–Kier alpha value is -1.37. The number of carbonyl (C=O) groups excluding carboxylic acids is 1. The number of aromatic hydroxyl groups is 1. The highest BCUT2D eigenvalue weighted by atomic mass is 32.2. The van der Waals surface area contributed by atoms with E-state index < -0.39 is 0 Å². The number of carbonyl (C=O) groups is 1. The number of benzene rings is 1. The molecular weight excluding hydrogens is 390 g/mol. The summed E-state index contributed by atoms with van der Waals surface area (Å²) in [6.07, 6.45) is 2.64. The molecule has 1 N–H and O–H groups in total. The van der Waals surface area contributed by atoms with Gasteiger partial charge in [-0.15, -0.1) is 0 Å². The third-order valence-corrected chi connectivity index (χ3v) is 6.03. The van der Waals surface area contributed by atoms with Crippen LogP contribution < -0.4 is 0 Å². The van der Waals surface area contributed by atoms with E-state index >= 15 is 0 Å². The minimum atomic E-state index is -0.215. The Morgan fingerprint density at radius 2 is 1.68 bits per heavy atom. The SMILES string of the molecule is COCCCN1C(=O)/C(=C/c2cc(C(C)(C)C)c(O)c(C(C)(C)C)c2)SC1=S. The molecule has 1 aliphatic heterocycles. The smallest absolute Gasteiger partial charge is 0.266 e. The molecule has 0 bridgehead atoms. The zero-order valence-electron chi connectivity index (χ0n) is 17.9. The van der Waals surface area contributed by atoms with E-state index in [-0.39, 0.29) is 16.7 Å². The number of hydrogen-bond donors (Lipinski definition) is 1. The fourth-order valence-corrected chi connectivity index (χ4v) is 4.40. The zero-order chi connectivity index (χ0) is 21.3. The van der Waals surface area contributed by atoms with Gasteiger partial charge in [-0.2, -0.15) is 0 Å². The molecule has 1 amide bonds. The molecule has 1 saturated heterocycles. The van der Waals surface area contributed by atoms with Crippen LogP contribution in [0.5, 0.6) is 5.75 Å². The van der Waals surface area contributed by atoms with Crippen molar-refractivity contribution < 1.29 is 14.6 Å². The molecule has 4 nitrogen and oxygen atoms in total. The van der Waals surface area contributed by atoms with Gasteiger partial charge in [0.05, 0.1) is 4.91 Å². The van der Waals surface area contributed by atoms with E-state index in [1.807, 2.05) is 18.2 Å². The highest BCUT2D eigenvalue weighted by Gasteiger charge is 2.32. The van der Waals surface area contributed by atoms with Gasteiger partial charge in [0.15, 0.2) is 0 Å². The predicted octanol–water partition coefficient (Wildman–Crippen LogP) is 5.22. The molecule has 1 aliphatic rings. The molecule has 0 saturated carbocycles. The van der Waals surface area contributed by atoms with Gasteiger partial charge in [-0.25, -0.2) is 0 Å². The fourth-order valence-electron chi connectivity index (χ4n) is 3.09. The van der Waals surface area contributed by atoms with Crippen molar-refractivity contribution in [2.24, 2.45) is 0 Å². The van der Waals surface area contributed by atoms with E-state index in [0.717, 1.165) is 23.1 Å². The van der Waals surface area contributed by atoms with Gasteiger partial charge in [-0.3, -0.25) is 9.69 Å². The molecule has 0 aliphatic carbocycles. The second-order valence-electron chi connectivity index (χ2n) is 9.14. The number of phenols is 1. The van der Waals surface area contributed by atoms with Crippen LogP contribution in [0.25, 0.3) is 6.08 Å². The Kier molecular flexibility index (Phi) is 7.00. The monoisotopic (exact) mass is 421 g/mol. The van der Waals surface area contributed by atoms with E-state index in [1.54, 1.807) is 12.0 Å². The summed E-state index contributed by atoms with van der Waals surface area (Å²) in [5, 5.41) is 10.9. The maximum atomic E-state index is 12.8. The fraction of sp³-hybridized carbons (Fsp3) is 0.545. The molecule has 0 atom stereocenters. The molecule has 2 rings (SSSR count). The molecule has 1 heterocycles. The average Bonchev–Trinajstić information content (AvgIpc) is 2.81. The molecule has 28 heavy (non-hydrogen) atoms. The number of thiocarbonyl (C=S) groups is 1. The van der Waals surface area contributed by atoms with E-state index in [1.165, 1.54) is 11.8 Å². The van der Waals surface area contributed by atoms with Gasteiger partial charge in [0.25, 0.3) is 5.91 Å². The molecule has 0 aromatic heterocycles. The Morgan fingerprint density at radius 3 is 2.14 bits per heavy atom. The van der Waals surface area contributed by atoms with Crippen molar-refractivity contribution in [3.8, 4) is 5.75 Å². The van der Waals surface area contributed by atoms with Crippen molar-refractivity contribution >= 4 is 40.3 Å². The van der Waals surface area contributed by atoms with Crippen LogP contribution in [0.2, 0.25) is 0 Å². The lowest BCUT2D eigenvalue weighted by Crippen LogP contribution is -2.29. The summed E-state index contributed by atoms with van der Waals surface area (Å²) in [6.45, 7) is 13.6. The number of rotatable bonds is 5. The Labute approximate surface area is 178 Å². The first kappa shape index (κ1) is 22.9. The Balaban J connectivity index is 2.45. The minimum Gasteiger partial charge on any atom is -0.507 e. The normalized spacial score (nSPS) is 17.1. The Morgan fingerprint density at radius 1 is 1.14 bits per heavy atom. The maximum Gasteiger partial charge on any atom is 0.266 e. The molecule has 0 unspecified atom stereocenters. The average molecular weight is 422 g/mol. The largest absolute Gasteiger partial charge is 0.507 e. The first-order valence-corrected chi connectivity index (χ1v) is 10.7. The van der Waals surface area contributed by atoms with Crippen molar-refractivity contribution in [2.75, 3.05) is 20.3 Å². The van der Waals surface area contributed by atoms with Gasteiger partial charge in [0.1, 0.15) is 10.1 Å². The number of nitrogens with zero attached hydrogens (tertiary/aromatic N) is 1. The van der Waals surface area contributed by atoms with Gasteiger partial charge < -0.3 is 9.84 Å². The Bertz CT molecular complexity index is 766. The molecule has 0 radical (unpaired) electrons. The first-order valence-electron chi connectivity index (χ1n) is 9.48. The van der Waals surface area contributed by atoms with Crippen LogP contribution in [0.3, 0.4) is 0 Å². The second kappa shape index (κ2) is 8.56. The lowest BCUT2D eigenvalue weighted by molar-refractivity contribution is -0.122. The molecule has 0 spiro atoms. The van der Waals surface area contributed by atoms with Crippen molar-refractivity contribution in [3.63, 3.8) is 0 Å². The summed E-state index contributed by atoms with van der Waals surface area (Å²) in [4.78, 5) is 15.1. The molecule has 1 aromatic rings. The predicted molar refractivity (Wildman–Crippen MR) is 122 cm³/mol. The van der Waals surface area contributed by atoms with Crippen LogP contribution in [-0.4, -0.2) is 40.5 Å². The van der Waals surface area contributed by atoms with E-state index in [4.69, 9.17) is 17.0 Å². The number of methoxy groups -OCH3 is 1. The number of hydrogen-bond acceptors (Lipinski definition) is 5. The first-order chi connectivity index (χ1) is 12.9. The minimum absolute atomic E-state index is 0.0613. The third kappa shape index (κ3) is 5.16. The summed E-state index contributed by atoms with van der Waals surface area (Å²) in [7, 11) is 1.65. The quantitative estimate of drug-likeness (QED) is 0.401. The van der Waals surface area contributed by atoms with Crippen molar-refractivity contribution in [2.45, 2.75) is 58.8 Å². The van der Waals surface area contributed by atoms with Gasteiger partial charge in [-0.05, 0) is 41.0 Å². The summed E-state index contributed by atoms with van der Waals surface area (Å²) in [5.41, 5.74) is 2.23. The van der Waals surface area contributed by atoms with Gasteiger partial charge in [0.2, 0.25) is 0 Å². The van der Waals surface area contributed by atoms with Crippen LogP contribution >= 0.6 is 24.0 Å². The summed E-state index contributed by atoms with van der Waals surface area (Å²) in [6, 6.07) is 3.95. The van der Waals surface area contributed by atoms with Gasteiger partial charge >= 0.3 is 0 Å². The van der Waals surface area contributed by atoms with Crippen LogP contribution in [0, 0.1) is 0 Å². The van der Waals surface area contributed by atoms with Crippen LogP contribution in [0.4, 0.5) is 0 Å². The number of thioether (sulfide) groups is 1. The topological polar surface area (TPSA) is 49.8 Å². The van der Waals surface area contributed by atoms with E-state index in [2.05, 4.69) is 41.5 Å². The van der Waals surface area contributed by atoms with Crippen molar-refractivity contribution in [1.82, 2.24) is 4.90 Å². The molecule has 1 aromatic carbocycles. The molecule has 154 valence electrons. The maximum absolute atomic E-state index is 12.8. The summed E-state index contributed by atoms with van der Waals surface area (Å²) < 4.78 is 5.65. The third-order valence-electron chi connectivity index (χ3n) is 4.65. The van der Waals surface area contributed by atoms with Crippen molar-refractivity contribution in [3.05, 3.63) is 33.7 Å². The van der Waals surface area contributed by atoms with Crippen LogP contribution in [0.15, 0.2) is 17.0 Å². The summed E-state index contributed by atoms with van der Waals surface area (Å²) >= 11 is 6.73. The number of amides is 1. The highest BCUT2D eigenvalue weighted by Crippen LogP contribution is 2.41. The van der Waals surface area contributed by atoms with Gasteiger partial charge in [0, 0.05) is 31.4 Å². The number of ether oxygens (including phenoxy) is 1. The number of phenolic OH excluding ortho intramolecular Hbond substituents is 1. The lowest BCUT2D eigenvalue weighted by atomic mass is 9.78. The molecule has 1 fully saturated rings. The van der Waals surface area contributed by atoms with Crippen molar-refractivity contribution in [1.29, 1.82) is 0 Å². The second-order valence-corrected chi connectivity index (χ2v) is 10.8. The van der Waals surface area contributed by atoms with E-state index in [0.29, 0.717) is 28.1 Å². The van der Waals surface area contributed by atoms with Crippen LogP contribution in [0.1, 0.15) is 64.7 Å². The highest BCUT2D eigenvalue weighted by molar-refractivity contribution is 8.26. The zero-order valence-corrected chi connectivity index (χ0v) is 19.5. The molecular formula is C22H31NO3S2.